The lowest BCUT2D eigenvalue weighted by Gasteiger charge is -2.18. The Hall–Kier alpha value is -1.32. The van der Waals surface area contributed by atoms with Crippen LogP contribution in [-0.2, 0) is 13.1 Å². The van der Waals surface area contributed by atoms with Crippen LogP contribution in [0.2, 0.25) is 0 Å². The summed E-state index contributed by atoms with van der Waals surface area (Å²) in [5.41, 5.74) is 2.72. The maximum absolute atomic E-state index is 3.39. The summed E-state index contributed by atoms with van der Waals surface area (Å²) in [5.74, 6) is 0. The number of aromatic nitrogens is 1. The summed E-state index contributed by atoms with van der Waals surface area (Å²) in [4.78, 5) is 2.47. The summed E-state index contributed by atoms with van der Waals surface area (Å²) in [6.45, 7) is 13.0. The van der Waals surface area contributed by atoms with Gasteiger partial charge in [0.05, 0.1) is 0 Å². The van der Waals surface area contributed by atoms with E-state index in [-0.39, 0.29) is 0 Å². The molecule has 1 aromatic heterocycles. The number of nitrogens with one attached hydrogen (secondary N) is 1. The molecule has 0 radical (unpaired) electrons. The van der Waals surface area contributed by atoms with Crippen LogP contribution in [0, 0.1) is 0 Å². The molecule has 3 heteroatoms. The molecule has 2 aromatic rings. The van der Waals surface area contributed by atoms with Crippen LogP contribution >= 0.6 is 0 Å². The molecule has 20 heavy (non-hydrogen) atoms. The fourth-order valence-electron chi connectivity index (χ4n) is 2.59. The minimum Gasteiger partial charge on any atom is -0.346 e. The lowest BCUT2D eigenvalue weighted by Crippen LogP contribution is -2.26. The molecule has 0 aliphatic heterocycles. The fourth-order valence-corrected chi connectivity index (χ4v) is 2.59. The first-order valence-corrected chi connectivity index (χ1v) is 7.79. The average Bonchev–Trinajstić information content (AvgIpc) is 2.89. The van der Waals surface area contributed by atoms with Crippen molar-refractivity contribution in [1.82, 2.24) is 14.8 Å². The van der Waals surface area contributed by atoms with Gasteiger partial charge in [-0.25, -0.2) is 0 Å². The van der Waals surface area contributed by atoms with E-state index in [2.05, 4.69) is 66.0 Å². The average molecular weight is 273 g/mol. The molecule has 0 amide bonds. The van der Waals surface area contributed by atoms with Crippen molar-refractivity contribution in [1.29, 1.82) is 0 Å². The Morgan fingerprint density at radius 1 is 1.10 bits per heavy atom. The summed E-state index contributed by atoms with van der Waals surface area (Å²) in [6.07, 6.45) is 2.21. The summed E-state index contributed by atoms with van der Waals surface area (Å²) in [6, 6.07) is 8.99. The highest BCUT2D eigenvalue weighted by Crippen LogP contribution is 2.18. The molecule has 0 saturated heterocycles. The van der Waals surface area contributed by atoms with Crippen molar-refractivity contribution < 1.29 is 0 Å². The topological polar surface area (TPSA) is 20.2 Å². The maximum Gasteiger partial charge on any atom is 0.0483 e. The Labute approximate surface area is 122 Å². The summed E-state index contributed by atoms with van der Waals surface area (Å²) in [5, 5.41) is 4.73. The van der Waals surface area contributed by atoms with E-state index in [0.29, 0.717) is 0 Å². The van der Waals surface area contributed by atoms with Gasteiger partial charge in [-0.1, -0.05) is 32.9 Å². The zero-order valence-electron chi connectivity index (χ0n) is 13.0. The monoisotopic (exact) mass is 273 g/mol. The van der Waals surface area contributed by atoms with Crippen LogP contribution in [-0.4, -0.2) is 35.6 Å². The van der Waals surface area contributed by atoms with Gasteiger partial charge in [-0.15, -0.1) is 0 Å². The van der Waals surface area contributed by atoms with Crippen LogP contribution in [0.25, 0.3) is 10.9 Å². The van der Waals surface area contributed by atoms with Gasteiger partial charge in [-0.2, -0.15) is 0 Å². The molecular weight excluding hydrogens is 246 g/mol. The maximum atomic E-state index is 3.39. The molecule has 1 N–H and O–H groups in total. The molecule has 3 nitrogen and oxygen atoms in total. The number of benzene rings is 1. The van der Waals surface area contributed by atoms with Gasteiger partial charge in [0.2, 0.25) is 0 Å². The summed E-state index contributed by atoms with van der Waals surface area (Å²) < 4.78 is 2.38. The second-order valence-corrected chi connectivity index (χ2v) is 5.21. The predicted molar refractivity (Wildman–Crippen MR) is 87.1 cm³/mol. The van der Waals surface area contributed by atoms with Crippen LogP contribution in [0.3, 0.4) is 0 Å². The van der Waals surface area contributed by atoms with Gasteiger partial charge in [0.25, 0.3) is 0 Å². The zero-order chi connectivity index (χ0) is 14.4. The molecule has 0 fully saturated rings. The largest absolute Gasteiger partial charge is 0.346 e. The number of fused-ring (bicyclic) bond motifs is 1. The lowest BCUT2D eigenvalue weighted by molar-refractivity contribution is 0.292. The van der Waals surface area contributed by atoms with Crippen molar-refractivity contribution in [2.75, 3.05) is 26.2 Å². The molecule has 2 rings (SSSR count). The van der Waals surface area contributed by atoms with E-state index >= 15 is 0 Å². The van der Waals surface area contributed by atoms with Crippen molar-refractivity contribution in [3.63, 3.8) is 0 Å². The van der Waals surface area contributed by atoms with Crippen LogP contribution in [0.5, 0.6) is 0 Å². The first kappa shape index (κ1) is 15.1. The Morgan fingerprint density at radius 3 is 2.60 bits per heavy atom. The van der Waals surface area contributed by atoms with Gasteiger partial charge in [-0.05, 0) is 42.7 Å². The van der Waals surface area contributed by atoms with E-state index in [1.54, 1.807) is 0 Å². The van der Waals surface area contributed by atoms with Crippen molar-refractivity contribution in [2.24, 2.45) is 0 Å². The Balaban J connectivity index is 2.12. The van der Waals surface area contributed by atoms with Crippen molar-refractivity contribution in [2.45, 2.75) is 33.9 Å². The molecule has 0 aliphatic rings. The third-order valence-electron chi connectivity index (χ3n) is 3.97. The van der Waals surface area contributed by atoms with Crippen LogP contribution in [0.4, 0.5) is 0 Å². The lowest BCUT2D eigenvalue weighted by atomic mass is 10.1. The SMILES string of the molecule is CCNCc1ccc2ccn(CCN(CC)CC)c2c1. The number of nitrogens with zero attached hydrogens (tertiary/aromatic N) is 2. The van der Waals surface area contributed by atoms with Crippen LogP contribution < -0.4 is 5.32 Å². The summed E-state index contributed by atoms with van der Waals surface area (Å²) >= 11 is 0. The second-order valence-electron chi connectivity index (χ2n) is 5.21. The van der Waals surface area contributed by atoms with Gasteiger partial charge in [0, 0.05) is 31.3 Å². The van der Waals surface area contributed by atoms with Gasteiger partial charge < -0.3 is 14.8 Å². The third kappa shape index (κ3) is 3.62. The van der Waals surface area contributed by atoms with E-state index in [1.807, 2.05) is 0 Å². The fraction of sp³-hybridized carbons (Fsp3) is 0.529. The Kier molecular flexibility index (Phi) is 5.62. The number of rotatable bonds is 8. The number of hydrogen-bond acceptors (Lipinski definition) is 2. The van der Waals surface area contributed by atoms with Gasteiger partial charge in [0.1, 0.15) is 0 Å². The molecule has 0 aliphatic carbocycles. The van der Waals surface area contributed by atoms with E-state index in [9.17, 15) is 0 Å². The van der Waals surface area contributed by atoms with Gasteiger partial charge in [0.15, 0.2) is 0 Å². The molecule has 0 atom stereocenters. The highest BCUT2D eigenvalue weighted by Gasteiger charge is 2.04. The number of hydrogen-bond donors (Lipinski definition) is 1. The summed E-state index contributed by atoms with van der Waals surface area (Å²) in [7, 11) is 0. The van der Waals surface area contributed by atoms with Crippen molar-refractivity contribution in [3.8, 4) is 0 Å². The molecular formula is C17H27N3. The van der Waals surface area contributed by atoms with Gasteiger partial charge in [-0.3, -0.25) is 0 Å². The van der Waals surface area contributed by atoms with E-state index in [1.165, 1.54) is 16.5 Å². The van der Waals surface area contributed by atoms with E-state index in [0.717, 1.165) is 39.3 Å². The molecule has 0 bridgehead atoms. The first-order chi connectivity index (χ1) is 9.78. The standard InChI is InChI=1S/C17H27N3/c1-4-18-14-15-7-8-16-9-10-20(17(16)13-15)12-11-19(5-2)6-3/h7-10,13,18H,4-6,11-12,14H2,1-3H3. The molecule has 0 saturated carbocycles. The van der Waals surface area contributed by atoms with Crippen LogP contribution in [0.1, 0.15) is 26.3 Å². The van der Waals surface area contributed by atoms with Gasteiger partial charge >= 0.3 is 0 Å². The normalized spacial score (nSPS) is 11.6. The predicted octanol–water partition coefficient (Wildman–Crippen LogP) is 3.09. The van der Waals surface area contributed by atoms with Crippen molar-refractivity contribution in [3.05, 3.63) is 36.0 Å². The minimum atomic E-state index is 0.952. The molecule has 0 unspecified atom stereocenters. The zero-order valence-corrected chi connectivity index (χ0v) is 13.0. The number of likely N-dealkylation sites (N-methyl/N-ethyl adjacent to an activating group) is 1. The molecule has 1 heterocycles. The quantitative estimate of drug-likeness (QED) is 0.797. The molecule has 1 aromatic carbocycles. The van der Waals surface area contributed by atoms with E-state index < -0.39 is 0 Å². The first-order valence-electron chi connectivity index (χ1n) is 7.79. The smallest absolute Gasteiger partial charge is 0.0483 e. The highest BCUT2D eigenvalue weighted by molar-refractivity contribution is 5.80. The van der Waals surface area contributed by atoms with E-state index in [4.69, 9.17) is 0 Å². The van der Waals surface area contributed by atoms with Crippen LogP contribution in [0.15, 0.2) is 30.5 Å². The highest BCUT2D eigenvalue weighted by atomic mass is 15.1. The molecule has 0 spiro atoms. The third-order valence-corrected chi connectivity index (χ3v) is 3.97. The Bertz CT molecular complexity index is 526. The van der Waals surface area contributed by atoms with Crippen molar-refractivity contribution >= 4 is 10.9 Å². The molecule has 110 valence electrons. The minimum absolute atomic E-state index is 0.952. The second kappa shape index (κ2) is 7.46. The Morgan fingerprint density at radius 2 is 1.90 bits per heavy atom.